The molecule has 0 aliphatic rings. The minimum atomic E-state index is -5.89. The van der Waals surface area contributed by atoms with Crippen molar-refractivity contribution >= 4 is 38.6 Å². The minimum absolute atomic E-state index is 0.156. The van der Waals surface area contributed by atoms with Crippen molar-refractivity contribution in [2.75, 3.05) is 6.54 Å². The van der Waals surface area contributed by atoms with Crippen LogP contribution in [0.1, 0.15) is 10.4 Å². The van der Waals surface area contributed by atoms with Crippen molar-refractivity contribution in [3.8, 4) is 0 Å². The van der Waals surface area contributed by atoms with Crippen molar-refractivity contribution in [3.05, 3.63) is 33.1 Å². The molecule has 0 aromatic heterocycles. The second kappa shape index (κ2) is 5.63. The zero-order valence-corrected chi connectivity index (χ0v) is 12.0. The Labute approximate surface area is 120 Å². The highest BCUT2D eigenvalue weighted by molar-refractivity contribution is 14.1. The monoisotopic (exact) mass is 408 g/mol. The van der Waals surface area contributed by atoms with Crippen LogP contribution in [0.3, 0.4) is 0 Å². The maximum absolute atomic E-state index is 13.3. The van der Waals surface area contributed by atoms with E-state index in [0.717, 1.165) is 6.07 Å². The maximum Gasteiger partial charge on any atom is 0.351 e. The molecule has 10 heteroatoms. The molecule has 0 saturated carbocycles. The lowest BCUT2D eigenvalue weighted by Gasteiger charge is -2.20. The summed E-state index contributed by atoms with van der Waals surface area (Å²) < 4.78 is 69.7. The number of carbonyl (C=O) groups is 1. The summed E-state index contributed by atoms with van der Waals surface area (Å²) in [6, 6.07) is 3.62. The average molecular weight is 408 g/mol. The van der Waals surface area contributed by atoms with Gasteiger partial charge in [-0.05, 0) is 34.7 Å². The second-order valence-corrected chi connectivity index (χ2v) is 6.04. The topological polar surface area (TPSA) is 86.3 Å². The van der Waals surface area contributed by atoms with Gasteiger partial charge in [-0.1, -0.05) is 6.07 Å². The fraction of sp³-hybridized carbons (Fsp3) is 0.222. The molecule has 1 aromatic carbocycles. The van der Waals surface area contributed by atoms with Crippen molar-refractivity contribution in [1.82, 2.24) is 5.32 Å². The minimum Gasteiger partial charge on any atom is -0.743 e. The van der Waals surface area contributed by atoms with E-state index in [1.54, 1.807) is 22.6 Å². The van der Waals surface area contributed by atoms with Crippen LogP contribution in [0.25, 0.3) is 0 Å². The van der Waals surface area contributed by atoms with Gasteiger partial charge >= 0.3 is 5.25 Å². The standard InChI is InChI=1S/C9H7F3INO4S/c10-5-2-1-3-6(13)7(5)8(15)14-4-9(11,12)19(16,17)18/h1-3H,4H2,(H,14,15)(H,16,17,18)/p-1. The fourth-order valence-electron chi connectivity index (χ4n) is 1.07. The Morgan fingerprint density at radius 1 is 1.42 bits per heavy atom. The van der Waals surface area contributed by atoms with Crippen LogP contribution in [-0.2, 0) is 10.1 Å². The highest BCUT2D eigenvalue weighted by atomic mass is 127. The predicted molar refractivity (Wildman–Crippen MR) is 66.1 cm³/mol. The Bertz CT molecular complexity index is 585. The van der Waals surface area contributed by atoms with Gasteiger partial charge in [-0.3, -0.25) is 4.79 Å². The lowest BCUT2D eigenvalue weighted by Crippen LogP contribution is -2.42. The Morgan fingerprint density at radius 3 is 2.47 bits per heavy atom. The number of halogens is 4. The van der Waals surface area contributed by atoms with Gasteiger partial charge in [0.1, 0.15) is 5.82 Å². The van der Waals surface area contributed by atoms with Gasteiger partial charge in [-0.2, -0.15) is 8.78 Å². The molecule has 0 bridgehead atoms. The van der Waals surface area contributed by atoms with Crippen molar-refractivity contribution in [2.45, 2.75) is 5.25 Å². The van der Waals surface area contributed by atoms with Crippen LogP contribution in [0.15, 0.2) is 18.2 Å². The Balaban J connectivity index is 2.89. The molecular weight excluding hydrogens is 402 g/mol. The third-order valence-corrected chi connectivity index (χ3v) is 3.79. The Morgan fingerprint density at radius 2 is 2.00 bits per heavy atom. The van der Waals surface area contributed by atoms with Gasteiger partial charge in [0.05, 0.1) is 12.1 Å². The molecule has 0 radical (unpaired) electrons. The van der Waals surface area contributed by atoms with Gasteiger partial charge in [-0.25, -0.2) is 12.8 Å². The molecule has 19 heavy (non-hydrogen) atoms. The molecule has 0 atom stereocenters. The van der Waals surface area contributed by atoms with Gasteiger partial charge in [0.15, 0.2) is 10.1 Å². The Kier molecular flexibility index (Phi) is 4.79. The van der Waals surface area contributed by atoms with Gasteiger partial charge in [-0.15, -0.1) is 0 Å². The van der Waals surface area contributed by atoms with Crippen LogP contribution in [-0.4, -0.2) is 30.7 Å². The van der Waals surface area contributed by atoms with E-state index in [9.17, 15) is 30.9 Å². The highest BCUT2D eigenvalue weighted by Crippen LogP contribution is 2.20. The number of nitrogens with one attached hydrogen (secondary N) is 1. The largest absolute Gasteiger partial charge is 0.743 e. The number of rotatable bonds is 4. The smallest absolute Gasteiger partial charge is 0.351 e. The van der Waals surface area contributed by atoms with E-state index in [1.165, 1.54) is 17.4 Å². The van der Waals surface area contributed by atoms with E-state index in [1.807, 2.05) is 0 Å². The summed E-state index contributed by atoms with van der Waals surface area (Å²) >= 11 is 1.61. The van der Waals surface area contributed by atoms with Crippen LogP contribution in [0.4, 0.5) is 13.2 Å². The third-order valence-electron chi connectivity index (χ3n) is 2.01. The van der Waals surface area contributed by atoms with E-state index in [2.05, 4.69) is 0 Å². The first-order chi connectivity index (χ1) is 8.56. The molecule has 0 spiro atoms. The average Bonchev–Trinajstić information content (AvgIpc) is 2.24. The maximum atomic E-state index is 13.3. The molecule has 1 aromatic rings. The molecule has 0 fully saturated rings. The van der Waals surface area contributed by atoms with Crippen LogP contribution >= 0.6 is 22.6 Å². The molecule has 5 nitrogen and oxygen atoms in total. The molecule has 1 amide bonds. The summed E-state index contributed by atoms with van der Waals surface area (Å²) in [6.45, 7) is -1.72. The van der Waals surface area contributed by atoms with Gasteiger partial charge in [0, 0.05) is 3.57 Å². The lowest BCUT2D eigenvalue weighted by atomic mass is 10.2. The first kappa shape index (κ1) is 16.2. The summed E-state index contributed by atoms with van der Waals surface area (Å²) in [5.41, 5.74) is -0.498. The quantitative estimate of drug-likeness (QED) is 0.601. The summed E-state index contributed by atoms with van der Waals surface area (Å²) in [5.74, 6) is -2.18. The van der Waals surface area contributed by atoms with Crippen molar-refractivity contribution in [1.29, 1.82) is 0 Å². The molecule has 1 rings (SSSR count). The molecule has 0 heterocycles. The van der Waals surface area contributed by atoms with E-state index in [4.69, 9.17) is 0 Å². The first-order valence-corrected chi connectivity index (χ1v) is 7.10. The zero-order chi connectivity index (χ0) is 14.8. The summed E-state index contributed by atoms with van der Waals surface area (Å²) in [6.07, 6.45) is 0. The molecule has 106 valence electrons. The van der Waals surface area contributed by atoms with E-state index >= 15 is 0 Å². The lowest BCUT2D eigenvalue weighted by molar-refractivity contribution is 0.0689. The number of benzene rings is 1. The number of carbonyl (C=O) groups excluding carboxylic acids is 1. The van der Waals surface area contributed by atoms with E-state index in [-0.39, 0.29) is 3.57 Å². The summed E-state index contributed by atoms with van der Waals surface area (Å²) in [4.78, 5) is 11.5. The molecule has 0 aliphatic heterocycles. The third kappa shape index (κ3) is 3.79. The predicted octanol–water partition coefficient (Wildman–Crippen LogP) is 1.30. The van der Waals surface area contributed by atoms with Crippen molar-refractivity contribution in [3.63, 3.8) is 0 Å². The van der Waals surface area contributed by atoms with Crippen molar-refractivity contribution in [2.24, 2.45) is 0 Å². The molecule has 0 unspecified atom stereocenters. The van der Waals surface area contributed by atoms with Crippen LogP contribution in [0.2, 0.25) is 0 Å². The molecule has 1 N–H and O–H groups in total. The van der Waals surface area contributed by atoms with E-state index in [0.29, 0.717) is 0 Å². The first-order valence-electron chi connectivity index (χ1n) is 4.62. The van der Waals surface area contributed by atoms with Gasteiger partial charge < -0.3 is 9.87 Å². The number of hydrogen-bond acceptors (Lipinski definition) is 4. The van der Waals surface area contributed by atoms with Gasteiger partial charge in [0.2, 0.25) is 0 Å². The zero-order valence-electron chi connectivity index (χ0n) is 8.99. The summed E-state index contributed by atoms with van der Waals surface area (Å²) in [5, 5.41) is -3.14. The fourth-order valence-corrected chi connectivity index (χ4v) is 2.03. The van der Waals surface area contributed by atoms with Crippen LogP contribution < -0.4 is 5.32 Å². The second-order valence-electron chi connectivity index (χ2n) is 3.37. The SMILES string of the molecule is O=C(NCC(F)(F)S(=O)(=O)[O-])c1c(F)cccc1I. The number of hydrogen-bond donors (Lipinski definition) is 1. The number of alkyl halides is 2. The normalized spacial score (nSPS) is 12.3. The van der Waals surface area contributed by atoms with Crippen LogP contribution in [0, 0.1) is 9.39 Å². The molecule has 0 aliphatic carbocycles. The van der Waals surface area contributed by atoms with Gasteiger partial charge in [0.25, 0.3) is 5.91 Å². The number of amides is 1. The molecular formula is C9H6F3INO4S-. The molecule has 0 saturated heterocycles. The van der Waals surface area contributed by atoms with E-state index < -0.39 is 39.2 Å². The van der Waals surface area contributed by atoms with Crippen molar-refractivity contribution < 1.29 is 30.9 Å². The van der Waals surface area contributed by atoms with Crippen LogP contribution in [0.5, 0.6) is 0 Å². The Hall–Kier alpha value is -0.880. The highest BCUT2D eigenvalue weighted by Gasteiger charge is 2.38. The summed E-state index contributed by atoms with van der Waals surface area (Å²) in [7, 11) is -5.89.